The van der Waals surface area contributed by atoms with Gasteiger partial charge in [-0.2, -0.15) is 0 Å². The summed E-state index contributed by atoms with van der Waals surface area (Å²) >= 11 is 0. The molecule has 0 aliphatic rings. The minimum absolute atomic E-state index is 0.0807. The average Bonchev–Trinajstić information content (AvgIpc) is 2.00. The van der Waals surface area contributed by atoms with Gasteiger partial charge in [-0.25, -0.2) is 0 Å². The number of nitrogens with one attached hydrogen (secondary N) is 1. The summed E-state index contributed by atoms with van der Waals surface area (Å²) < 4.78 is 4.89. The quantitative estimate of drug-likeness (QED) is 0.643. The second-order valence-electron chi connectivity index (χ2n) is 2.33. The van der Waals surface area contributed by atoms with Gasteiger partial charge in [0.25, 0.3) is 0 Å². The molecule has 0 unspecified atom stereocenters. The van der Waals surface area contributed by atoms with E-state index in [1.807, 2.05) is 25.2 Å². The molecule has 68 valence electrons. The standard InChI is InChI=1S/C9H15NO2/c1-4-5-6-9(7-12-3)10-8(2)11/h4-6H,7H2,1-3H3,(H,10,11)/b5-4-,9-6+. The van der Waals surface area contributed by atoms with E-state index in [4.69, 9.17) is 4.74 Å². The van der Waals surface area contributed by atoms with Crippen LogP contribution in [-0.4, -0.2) is 19.6 Å². The van der Waals surface area contributed by atoms with Gasteiger partial charge in [-0.15, -0.1) is 0 Å². The Bertz CT molecular complexity index is 195. The maximum Gasteiger partial charge on any atom is 0.221 e. The smallest absolute Gasteiger partial charge is 0.221 e. The first kappa shape index (κ1) is 10.9. The molecule has 0 aromatic rings. The lowest BCUT2D eigenvalue weighted by Gasteiger charge is -2.04. The Morgan fingerprint density at radius 2 is 2.25 bits per heavy atom. The van der Waals surface area contributed by atoms with E-state index in [0.29, 0.717) is 6.61 Å². The van der Waals surface area contributed by atoms with E-state index in [1.54, 1.807) is 7.11 Å². The van der Waals surface area contributed by atoms with Crippen molar-refractivity contribution in [2.45, 2.75) is 13.8 Å². The Kier molecular flexibility index (Phi) is 6.01. The molecule has 0 atom stereocenters. The topological polar surface area (TPSA) is 38.3 Å². The lowest BCUT2D eigenvalue weighted by molar-refractivity contribution is -0.118. The molecular formula is C9H15NO2. The van der Waals surface area contributed by atoms with Crippen LogP contribution in [-0.2, 0) is 9.53 Å². The minimum Gasteiger partial charge on any atom is -0.378 e. The van der Waals surface area contributed by atoms with Crippen molar-refractivity contribution in [2.24, 2.45) is 0 Å². The molecule has 12 heavy (non-hydrogen) atoms. The van der Waals surface area contributed by atoms with Crippen molar-refractivity contribution in [3.8, 4) is 0 Å². The molecule has 0 aromatic carbocycles. The lowest BCUT2D eigenvalue weighted by Crippen LogP contribution is -2.21. The second-order valence-corrected chi connectivity index (χ2v) is 2.33. The number of methoxy groups -OCH3 is 1. The number of amides is 1. The molecule has 3 heteroatoms. The summed E-state index contributed by atoms with van der Waals surface area (Å²) in [6, 6.07) is 0. The predicted molar refractivity (Wildman–Crippen MR) is 48.6 cm³/mol. The van der Waals surface area contributed by atoms with Gasteiger partial charge in [0.1, 0.15) is 0 Å². The van der Waals surface area contributed by atoms with Crippen LogP contribution >= 0.6 is 0 Å². The van der Waals surface area contributed by atoms with Gasteiger partial charge in [0.05, 0.1) is 6.61 Å². The molecule has 0 fully saturated rings. The zero-order valence-corrected chi connectivity index (χ0v) is 7.76. The molecule has 0 aliphatic heterocycles. The van der Waals surface area contributed by atoms with Gasteiger partial charge in [0.15, 0.2) is 0 Å². The summed E-state index contributed by atoms with van der Waals surface area (Å²) in [6.07, 6.45) is 5.55. The highest BCUT2D eigenvalue weighted by atomic mass is 16.5. The Balaban J connectivity index is 4.11. The summed E-state index contributed by atoms with van der Waals surface area (Å²) in [5, 5.41) is 2.66. The van der Waals surface area contributed by atoms with Crippen LogP contribution in [0.5, 0.6) is 0 Å². The van der Waals surface area contributed by atoms with Gasteiger partial charge in [0, 0.05) is 19.7 Å². The number of carbonyl (C=O) groups is 1. The molecule has 0 saturated heterocycles. The molecule has 0 aromatic heterocycles. The summed E-state index contributed by atoms with van der Waals surface area (Å²) in [5.41, 5.74) is 0.767. The zero-order valence-electron chi connectivity index (χ0n) is 7.76. The molecule has 0 spiro atoms. The fourth-order valence-electron chi connectivity index (χ4n) is 0.720. The highest BCUT2D eigenvalue weighted by Gasteiger charge is 1.96. The Morgan fingerprint density at radius 1 is 1.58 bits per heavy atom. The fourth-order valence-corrected chi connectivity index (χ4v) is 0.720. The normalized spacial score (nSPS) is 12.1. The molecule has 0 aliphatic carbocycles. The van der Waals surface area contributed by atoms with Crippen molar-refractivity contribution in [1.82, 2.24) is 5.32 Å². The number of rotatable bonds is 4. The van der Waals surface area contributed by atoms with E-state index >= 15 is 0 Å². The Hall–Kier alpha value is -1.09. The van der Waals surface area contributed by atoms with Gasteiger partial charge in [0.2, 0.25) is 5.91 Å². The number of ether oxygens (including phenoxy) is 1. The molecular weight excluding hydrogens is 154 g/mol. The van der Waals surface area contributed by atoms with Crippen LogP contribution in [0, 0.1) is 0 Å². The fraction of sp³-hybridized carbons (Fsp3) is 0.444. The van der Waals surface area contributed by atoms with Crippen molar-refractivity contribution >= 4 is 5.91 Å². The van der Waals surface area contributed by atoms with Crippen molar-refractivity contribution in [3.63, 3.8) is 0 Å². The highest BCUT2D eigenvalue weighted by molar-refractivity contribution is 5.74. The number of hydrogen-bond acceptors (Lipinski definition) is 2. The van der Waals surface area contributed by atoms with Crippen molar-refractivity contribution < 1.29 is 9.53 Å². The lowest BCUT2D eigenvalue weighted by atomic mass is 10.3. The molecule has 0 rings (SSSR count). The molecule has 3 nitrogen and oxygen atoms in total. The van der Waals surface area contributed by atoms with Gasteiger partial charge in [-0.05, 0) is 13.0 Å². The van der Waals surface area contributed by atoms with Crippen LogP contribution in [0.25, 0.3) is 0 Å². The van der Waals surface area contributed by atoms with E-state index in [2.05, 4.69) is 5.32 Å². The van der Waals surface area contributed by atoms with Crippen molar-refractivity contribution in [2.75, 3.05) is 13.7 Å². The first-order chi connectivity index (χ1) is 5.70. The van der Waals surface area contributed by atoms with E-state index in [-0.39, 0.29) is 5.91 Å². The molecule has 1 amide bonds. The first-order valence-electron chi connectivity index (χ1n) is 3.79. The first-order valence-corrected chi connectivity index (χ1v) is 3.79. The maximum absolute atomic E-state index is 10.7. The Labute approximate surface area is 73.1 Å². The van der Waals surface area contributed by atoms with Crippen LogP contribution in [0.4, 0.5) is 0 Å². The van der Waals surface area contributed by atoms with E-state index in [1.165, 1.54) is 6.92 Å². The summed E-state index contributed by atoms with van der Waals surface area (Å²) in [7, 11) is 1.59. The summed E-state index contributed by atoms with van der Waals surface area (Å²) in [5.74, 6) is -0.0807. The maximum atomic E-state index is 10.7. The number of carbonyl (C=O) groups excluding carboxylic acids is 1. The van der Waals surface area contributed by atoms with E-state index < -0.39 is 0 Å². The largest absolute Gasteiger partial charge is 0.378 e. The predicted octanol–water partition coefficient (Wildman–Crippen LogP) is 1.23. The third kappa shape index (κ3) is 5.68. The molecule has 1 N–H and O–H groups in total. The van der Waals surface area contributed by atoms with E-state index in [9.17, 15) is 4.79 Å². The monoisotopic (exact) mass is 169 g/mol. The molecule has 0 radical (unpaired) electrons. The SMILES string of the molecule is C/C=C\C=C(/COC)NC(C)=O. The van der Waals surface area contributed by atoms with Crippen LogP contribution in [0.2, 0.25) is 0 Å². The number of hydrogen-bond donors (Lipinski definition) is 1. The van der Waals surface area contributed by atoms with Crippen molar-refractivity contribution in [1.29, 1.82) is 0 Å². The van der Waals surface area contributed by atoms with Gasteiger partial charge < -0.3 is 10.1 Å². The minimum atomic E-state index is -0.0807. The average molecular weight is 169 g/mol. The molecule has 0 heterocycles. The van der Waals surface area contributed by atoms with Crippen molar-refractivity contribution in [3.05, 3.63) is 23.9 Å². The third-order valence-corrected chi connectivity index (χ3v) is 1.13. The summed E-state index contributed by atoms with van der Waals surface area (Å²) in [4.78, 5) is 10.7. The Morgan fingerprint density at radius 3 is 2.67 bits per heavy atom. The number of allylic oxidation sites excluding steroid dienone is 3. The van der Waals surface area contributed by atoms with Gasteiger partial charge in [-0.1, -0.05) is 12.2 Å². The highest BCUT2D eigenvalue weighted by Crippen LogP contribution is 1.90. The van der Waals surface area contributed by atoms with Gasteiger partial charge in [-0.3, -0.25) is 4.79 Å². The van der Waals surface area contributed by atoms with Crippen LogP contribution in [0.1, 0.15) is 13.8 Å². The van der Waals surface area contributed by atoms with Gasteiger partial charge >= 0.3 is 0 Å². The van der Waals surface area contributed by atoms with Crippen LogP contribution in [0.3, 0.4) is 0 Å². The molecule has 0 saturated carbocycles. The second kappa shape index (κ2) is 6.61. The zero-order chi connectivity index (χ0) is 9.40. The summed E-state index contributed by atoms with van der Waals surface area (Å²) in [6.45, 7) is 3.80. The van der Waals surface area contributed by atoms with Crippen LogP contribution < -0.4 is 5.32 Å². The van der Waals surface area contributed by atoms with E-state index in [0.717, 1.165) is 5.70 Å². The molecule has 0 bridgehead atoms. The third-order valence-electron chi connectivity index (χ3n) is 1.13. The van der Waals surface area contributed by atoms with Crippen LogP contribution in [0.15, 0.2) is 23.9 Å².